The van der Waals surface area contributed by atoms with Crippen LogP contribution in [0, 0.1) is 0 Å². The first-order valence-electron chi connectivity index (χ1n) is 9.28. The highest BCUT2D eigenvalue weighted by Crippen LogP contribution is 2.29. The van der Waals surface area contributed by atoms with Gasteiger partial charge in [-0.3, -0.25) is 4.79 Å². The van der Waals surface area contributed by atoms with Crippen LogP contribution in [0.2, 0.25) is 0 Å². The molecule has 0 bridgehead atoms. The molecule has 0 aliphatic carbocycles. The number of rotatable bonds is 5. The number of hydrogen-bond donors (Lipinski definition) is 2. The monoisotopic (exact) mass is 391 g/mol. The van der Waals surface area contributed by atoms with E-state index >= 15 is 0 Å². The van der Waals surface area contributed by atoms with Crippen LogP contribution >= 0.6 is 11.3 Å². The molecule has 3 amide bonds. The highest BCUT2D eigenvalue weighted by atomic mass is 32.1. The number of thiophene rings is 1. The average Bonchev–Trinajstić information content (AvgIpc) is 3.37. The molecule has 2 aromatic carbocycles. The average molecular weight is 391 g/mol. The fourth-order valence-electron chi connectivity index (χ4n) is 3.36. The number of hydrogen-bond acceptors (Lipinski definition) is 3. The Morgan fingerprint density at radius 2 is 1.93 bits per heavy atom. The SMILES string of the molecule is O=C(NCCc1cccs1)Nc1cccc(C(=O)N2CCc3ccccc32)c1. The highest BCUT2D eigenvalue weighted by molar-refractivity contribution is 7.09. The molecule has 4 rings (SSSR count). The molecule has 0 saturated carbocycles. The largest absolute Gasteiger partial charge is 0.338 e. The zero-order chi connectivity index (χ0) is 19.3. The maximum absolute atomic E-state index is 12.9. The van der Waals surface area contributed by atoms with E-state index in [1.807, 2.05) is 29.6 Å². The molecule has 2 N–H and O–H groups in total. The van der Waals surface area contributed by atoms with E-state index < -0.39 is 0 Å². The third kappa shape index (κ3) is 4.07. The molecule has 0 fully saturated rings. The molecule has 28 heavy (non-hydrogen) atoms. The van der Waals surface area contributed by atoms with Crippen LogP contribution in [0.4, 0.5) is 16.2 Å². The lowest BCUT2D eigenvalue weighted by Gasteiger charge is -2.18. The van der Waals surface area contributed by atoms with Crippen molar-refractivity contribution in [2.24, 2.45) is 0 Å². The fraction of sp³-hybridized carbons (Fsp3) is 0.182. The summed E-state index contributed by atoms with van der Waals surface area (Å²) in [6.07, 6.45) is 1.67. The number of amides is 3. The number of urea groups is 1. The van der Waals surface area contributed by atoms with Crippen molar-refractivity contribution in [3.8, 4) is 0 Å². The van der Waals surface area contributed by atoms with Crippen molar-refractivity contribution in [3.63, 3.8) is 0 Å². The van der Waals surface area contributed by atoms with Gasteiger partial charge in [0.1, 0.15) is 0 Å². The summed E-state index contributed by atoms with van der Waals surface area (Å²) in [4.78, 5) is 28.1. The van der Waals surface area contributed by atoms with Crippen LogP contribution in [0.25, 0.3) is 0 Å². The number of para-hydroxylation sites is 1. The minimum Gasteiger partial charge on any atom is -0.338 e. The molecule has 1 aromatic heterocycles. The molecular formula is C22H21N3O2S. The van der Waals surface area contributed by atoms with E-state index in [9.17, 15) is 9.59 Å². The number of carbonyl (C=O) groups is 2. The van der Waals surface area contributed by atoms with Gasteiger partial charge in [-0.15, -0.1) is 11.3 Å². The molecule has 1 aliphatic heterocycles. The van der Waals surface area contributed by atoms with Crippen molar-refractivity contribution in [1.82, 2.24) is 5.32 Å². The van der Waals surface area contributed by atoms with Gasteiger partial charge in [0.05, 0.1) is 0 Å². The van der Waals surface area contributed by atoms with Crippen molar-refractivity contribution < 1.29 is 9.59 Å². The van der Waals surface area contributed by atoms with Gasteiger partial charge in [0.25, 0.3) is 5.91 Å². The van der Waals surface area contributed by atoms with Crippen LogP contribution in [0.3, 0.4) is 0 Å². The van der Waals surface area contributed by atoms with Crippen molar-refractivity contribution in [2.45, 2.75) is 12.8 Å². The van der Waals surface area contributed by atoms with E-state index in [2.05, 4.69) is 22.8 Å². The third-order valence-corrected chi connectivity index (χ3v) is 5.67. The topological polar surface area (TPSA) is 61.4 Å². The Balaban J connectivity index is 1.37. The van der Waals surface area contributed by atoms with Crippen molar-refractivity contribution in [3.05, 3.63) is 82.0 Å². The second-order valence-electron chi connectivity index (χ2n) is 6.63. The highest BCUT2D eigenvalue weighted by Gasteiger charge is 2.25. The zero-order valence-electron chi connectivity index (χ0n) is 15.4. The molecule has 0 unspecified atom stereocenters. The maximum atomic E-state index is 12.9. The molecule has 0 saturated heterocycles. The predicted molar refractivity (Wildman–Crippen MR) is 113 cm³/mol. The van der Waals surface area contributed by atoms with E-state index in [-0.39, 0.29) is 11.9 Å². The number of benzene rings is 2. The van der Waals surface area contributed by atoms with Gasteiger partial charge in [-0.1, -0.05) is 30.3 Å². The number of nitrogens with one attached hydrogen (secondary N) is 2. The smallest absolute Gasteiger partial charge is 0.319 e. The zero-order valence-corrected chi connectivity index (χ0v) is 16.2. The maximum Gasteiger partial charge on any atom is 0.319 e. The van der Waals surface area contributed by atoms with Gasteiger partial charge in [0.15, 0.2) is 0 Å². The molecule has 3 aromatic rings. The van der Waals surface area contributed by atoms with E-state index in [0.717, 1.165) is 18.5 Å². The van der Waals surface area contributed by atoms with Crippen LogP contribution in [-0.4, -0.2) is 25.0 Å². The van der Waals surface area contributed by atoms with Gasteiger partial charge >= 0.3 is 6.03 Å². The van der Waals surface area contributed by atoms with Crippen LogP contribution in [-0.2, 0) is 12.8 Å². The van der Waals surface area contributed by atoms with Crippen LogP contribution in [0.15, 0.2) is 66.0 Å². The summed E-state index contributed by atoms with van der Waals surface area (Å²) in [5.74, 6) is -0.0493. The number of fused-ring (bicyclic) bond motifs is 1. The van der Waals surface area contributed by atoms with Gasteiger partial charge in [0.2, 0.25) is 0 Å². The summed E-state index contributed by atoms with van der Waals surface area (Å²) in [6, 6.07) is 18.8. The van der Waals surface area contributed by atoms with Crippen LogP contribution < -0.4 is 15.5 Å². The number of nitrogens with zero attached hydrogens (tertiary/aromatic N) is 1. The molecule has 1 aliphatic rings. The third-order valence-electron chi connectivity index (χ3n) is 4.74. The standard InChI is InChI=1S/C22H21N3O2S/c26-21(25-13-11-16-5-1-2-9-20(16)25)17-6-3-7-18(15-17)24-22(27)23-12-10-19-8-4-14-28-19/h1-9,14-15H,10-13H2,(H2,23,24,27). The molecule has 142 valence electrons. The summed E-state index contributed by atoms with van der Waals surface area (Å²) in [5, 5.41) is 7.68. The lowest BCUT2D eigenvalue weighted by molar-refractivity contribution is 0.0989. The van der Waals surface area contributed by atoms with E-state index in [0.29, 0.717) is 24.3 Å². The van der Waals surface area contributed by atoms with E-state index in [4.69, 9.17) is 0 Å². The Labute approximate surface area is 168 Å². The normalized spacial score (nSPS) is 12.5. The molecule has 2 heterocycles. The Morgan fingerprint density at radius 1 is 1.04 bits per heavy atom. The molecule has 6 heteroatoms. The lowest BCUT2D eigenvalue weighted by Crippen LogP contribution is -2.31. The van der Waals surface area contributed by atoms with E-state index in [1.165, 1.54) is 10.4 Å². The predicted octanol–water partition coefficient (Wildman–Crippen LogP) is 4.32. The molecule has 5 nitrogen and oxygen atoms in total. The minimum absolute atomic E-state index is 0.0493. The first-order chi connectivity index (χ1) is 13.7. The second kappa shape index (κ2) is 8.27. The summed E-state index contributed by atoms with van der Waals surface area (Å²) >= 11 is 1.68. The fourth-order valence-corrected chi connectivity index (χ4v) is 4.07. The summed E-state index contributed by atoms with van der Waals surface area (Å²) < 4.78 is 0. The van der Waals surface area contributed by atoms with Crippen molar-refractivity contribution >= 4 is 34.6 Å². The quantitative estimate of drug-likeness (QED) is 0.681. The Morgan fingerprint density at radius 3 is 2.79 bits per heavy atom. The van der Waals surface area contributed by atoms with Gasteiger partial charge in [-0.05, 0) is 54.1 Å². The molecule has 0 spiro atoms. The van der Waals surface area contributed by atoms with Crippen molar-refractivity contribution in [1.29, 1.82) is 0 Å². The van der Waals surface area contributed by atoms with Gasteiger partial charge < -0.3 is 15.5 Å². The summed E-state index contributed by atoms with van der Waals surface area (Å²) in [5.41, 5.74) is 3.33. The molecule has 0 radical (unpaired) electrons. The van der Waals surface area contributed by atoms with Gasteiger partial charge in [-0.2, -0.15) is 0 Å². The molecular weight excluding hydrogens is 370 g/mol. The second-order valence-corrected chi connectivity index (χ2v) is 7.66. The Hall–Kier alpha value is -3.12. The first kappa shape index (κ1) is 18.3. The van der Waals surface area contributed by atoms with Crippen LogP contribution in [0.5, 0.6) is 0 Å². The molecule has 0 atom stereocenters. The van der Waals surface area contributed by atoms with Crippen LogP contribution in [0.1, 0.15) is 20.8 Å². The first-order valence-corrected chi connectivity index (χ1v) is 10.2. The number of carbonyl (C=O) groups excluding carboxylic acids is 2. The lowest BCUT2D eigenvalue weighted by atomic mass is 10.1. The Kier molecular flexibility index (Phi) is 5.39. The van der Waals surface area contributed by atoms with Gasteiger partial charge in [-0.25, -0.2) is 4.79 Å². The Bertz CT molecular complexity index is 985. The van der Waals surface area contributed by atoms with Crippen molar-refractivity contribution in [2.75, 3.05) is 23.3 Å². The number of anilines is 2. The van der Waals surface area contributed by atoms with E-state index in [1.54, 1.807) is 40.5 Å². The summed E-state index contributed by atoms with van der Waals surface area (Å²) in [6.45, 7) is 1.24. The summed E-state index contributed by atoms with van der Waals surface area (Å²) in [7, 11) is 0. The minimum atomic E-state index is -0.271. The van der Waals surface area contributed by atoms with Gasteiger partial charge in [0, 0.05) is 34.9 Å².